The lowest BCUT2D eigenvalue weighted by Gasteiger charge is -2.05. The summed E-state index contributed by atoms with van der Waals surface area (Å²) in [6.45, 7) is 1.27. The summed E-state index contributed by atoms with van der Waals surface area (Å²) in [5.41, 5.74) is 4.49. The van der Waals surface area contributed by atoms with Crippen LogP contribution in [-0.4, -0.2) is 34.5 Å². The highest BCUT2D eigenvalue weighted by Crippen LogP contribution is 2.19. The van der Waals surface area contributed by atoms with Gasteiger partial charge in [-0.2, -0.15) is 5.10 Å². The summed E-state index contributed by atoms with van der Waals surface area (Å²) in [4.78, 5) is 37.4. The number of hydrazone groups is 1. The Labute approximate surface area is 159 Å². The smallest absolute Gasteiger partial charge is 0.273 e. The summed E-state index contributed by atoms with van der Waals surface area (Å²) in [6, 6.07) is 11.8. The molecule has 1 aromatic heterocycles. The summed E-state index contributed by atoms with van der Waals surface area (Å²) >= 11 is 0. The maximum atomic E-state index is 12.1. The predicted octanol–water partition coefficient (Wildman–Crippen LogP) is 2.26. The number of fused-ring (bicyclic) bond motifs is 1. The normalized spacial score (nSPS) is 10.9. The molecule has 0 aliphatic rings. The van der Waals surface area contributed by atoms with Crippen molar-refractivity contribution in [2.24, 2.45) is 5.10 Å². The van der Waals surface area contributed by atoms with Crippen LogP contribution in [0.5, 0.6) is 0 Å². The largest absolute Gasteiger partial charge is 0.361 e. The minimum absolute atomic E-state index is 0.104. The van der Waals surface area contributed by atoms with Crippen molar-refractivity contribution >= 4 is 34.6 Å². The third-order valence-electron chi connectivity index (χ3n) is 4.09. The number of nitro groups is 1. The zero-order chi connectivity index (χ0) is 20.1. The summed E-state index contributed by atoms with van der Waals surface area (Å²) in [7, 11) is 0. The van der Waals surface area contributed by atoms with Crippen molar-refractivity contribution in [2.45, 2.75) is 6.92 Å². The molecule has 3 rings (SSSR count). The van der Waals surface area contributed by atoms with Crippen molar-refractivity contribution < 1.29 is 14.5 Å². The van der Waals surface area contributed by atoms with Crippen LogP contribution in [0.2, 0.25) is 0 Å². The molecule has 9 nitrogen and oxygen atoms in total. The van der Waals surface area contributed by atoms with E-state index in [0.717, 1.165) is 16.5 Å². The predicted molar refractivity (Wildman–Crippen MR) is 104 cm³/mol. The van der Waals surface area contributed by atoms with Crippen LogP contribution >= 0.6 is 0 Å². The number of nitro benzene ring substituents is 1. The molecular weight excluding hydrogens is 362 g/mol. The molecule has 0 aliphatic carbocycles. The van der Waals surface area contributed by atoms with Gasteiger partial charge in [0.25, 0.3) is 17.5 Å². The Kier molecular flexibility index (Phi) is 5.45. The van der Waals surface area contributed by atoms with Crippen molar-refractivity contribution in [3.05, 3.63) is 75.5 Å². The van der Waals surface area contributed by atoms with Crippen LogP contribution in [0.15, 0.2) is 53.8 Å². The Bertz CT molecular complexity index is 1090. The molecule has 28 heavy (non-hydrogen) atoms. The van der Waals surface area contributed by atoms with Gasteiger partial charge in [0.2, 0.25) is 0 Å². The Morgan fingerprint density at radius 1 is 1.25 bits per heavy atom. The number of rotatable bonds is 6. The van der Waals surface area contributed by atoms with Gasteiger partial charge in [-0.05, 0) is 19.1 Å². The van der Waals surface area contributed by atoms with Gasteiger partial charge in [-0.3, -0.25) is 19.7 Å². The van der Waals surface area contributed by atoms with Gasteiger partial charge >= 0.3 is 0 Å². The number of carbonyl (C=O) groups is 2. The molecule has 0 radical (unpaired) electrons. The topological polar surface area (TPSA) is 129 Å². The molecule has 3 N–H and O–H groups in total. The number of carbonyl (C=O) groups excluding carboxylic acids is 2. The van der Waals surface area contributed by atoms with Crippen molar-refractivity contribution in [3.63, 3.8) is 0 Å². The Morgan fingerprint density at radius 3 is 2.82 bits per heavy atom. The standard InChI is InChI=1S/C19H17N5O4/c1-12-6-7-13(8-17(12)24(27)28)19(26)21-11-18(25)23-22-10-14-9-20-16-5-3-2-4-15(14)16/h2-10,20H,11H2,1H3,(H,21,26)(H,23,25)/b22-10-. The van der Waals surface area contributed by atoms with Gasteiger partial charge in [-0.1, -0.05) is 24.3 Å². The van der Waals surface area contributed by atoms with E-state index in [1.807, 2.05) is 24.3 Å². The van der Waals surface area contributed by atoms with Crippen molar-refractivity contribution in [3.8, 4) is 0 Å². The first-order chi connectivity index (χ1) is 13.5. The highest BCUT2D eigenvalue weighted by atomic mass is 16.6. The van der Waals surface area contributed by atoms with Gasteiger partial charge in [0.1, 0.15) is 0 Å². The van der Waals surface area contributed by atoms with Gasteiger partial charge in [-0.15, -0.1) is 0 Å². The zero-order valence-corrected chi connectivity index (χ0v) is 14.9. The van der Waals surface area contributed by atoms with Crippen LogP contribution < -0.4 is 10.7 Å². The first kappa shape index (κ1) is 18.8. The molecule has 3 aromatic rings. The van der Waals surface area contributed by atoms with Crippen LogP contribution in [0.1, 0.15) is 21.5 Å². The van der Waals surface area contributed by atoms with Crippen molar-refractivity contribution in [1.82, 2.24) is 15.7 Å². The fraction of sp³-hybridized carbons (Fsp3) is 0.105. The molecule has 0 aliphatic heterocycles. The van der Waals surface area contributed by atoms with Gasteiger partial charge in [-0.25, -0.2) is 5.43 Å². The lowest BCUT2D eigenvalue weighted by atomic mass is 10.1. The number of amides is 2. The lowest BCUT2D eigenvalue weighted by Crippen LogP contribution is -2.34. The van der Waals surface area contributed by atoms with Crippen LogP contribution in [-0.2, 0) is 4.79 Å². The minimum Gasteiger partial charge on any atom is -0.361 e. The third-order valence-corrected chi connectivity index (χ3v) is 4.09. The first-order valence-electron chi connectivity index (χ1n) is 8.37. The van der Waals surface area contributed by atoms with E-state index in [1.54, 1.807) is 13.1 Å². The maximum absolute atomic E-state index is 12.1. The number of aromatic nitrogens is 1. The van der Waals surface area contributed by atoms with Crippen molar-refractivity contribution in [1.29, 1.82) is 0 Å². The number of nitrogens with zero attached hydrogens (tertiary/aromatic N) is 2. The average molecular weight is 379 g/mol. The number of aryl methyl sites for hydroxylation is 1. The number of benzene rings is 2. The van der Waals surface area contributed by atoms with E-state index in [-0.39, 0.29) is 17.8 Å². The second kappa shape index (κ2) is 8.12. The monoisotopic (exact) mass is 379 g/mol. The van der Waals surface area contributed by atoms with Gasteiger partial charge in [0.05, 0.1) is 17.7 Å². The number of nitrogens with one attached hydrogen (secondary N) is 3. The van der Waals surface area contributed by atoms with E-state index in [0.29, 0.717) is 5.56 Å². The molecule has 0 saturated carbocycles. The number of hydrogen-bond acceptors (Lipinski definition) is 5. The molecule has 9 heteroatoms. The summed E-state index contributed by atoms with van der Waals surface area (Å²) in [5.74, 6) is -1.11. The highest BCUT2D eigenvalue weighted by Gasteiger charge is 2.15. The van der Waals surface area contributed by atoms with E-state index < -0.39 is 16.7 Å². The van der Waals surface area contributed by atoms with E-state index in [2.05, 4.69) is 20.8 Å². The Hall–Kier alpha value is -4.01. The lowest BCUT2D eigenvalue weighted by molar-refractivity contribution is -0.385. The van der Waals surface area contributed by atoms with Gasteiger partial charge < -0.3 is 10.3 Å². The van der Waals surface area contributed by atoms with E-state index in [9.17, 15) is 19.7 Å². The maximum Gasteiger partial charge on any atom is 0.273 e. The average Bonchev–Trinajstić information content (AvgIpc) is 3.09. The number of para-hydroxylation sites is 1. The van der Waals surface area contributed by atoms with Crippen LogP contribution in [0.25, 0.3) is 10.9 Å². The molecule has 0 spiro atoms. The molecule has 0 bridgehead atoms. The molecule has 1 heterocycles. The molecule has 0 unspecified atom stereocenters. The van der Waals surface area contributed by atoms with Gasteiger partial charge in [0.15, 0.2) is 0 Å². The quantitative estimate of drug-likeness (QED) is 0.344. The third kappa shape index (κ3) is 4.21. The molecule has 142 valence electrons. The van der Waals surface area contributed by atoms with Crippen LogP contribution in [0.4, 0.5) is 5.69 Å². The second-order valence-electron chi connectivity index (χ2n) is 6.02. The summed E-state index contributed by atoms with van der Waals surface area (Å²) in [6.07, 6.45) is 3.27. The number of hydrogen-bond donors (Lipinski definition) is 3. The SMILES string of the molecule is Cc1ccc(C(=O)NCC(=O)N/N=C\c2c[nH]c3ccccc23)cc1[N+](=O)[O-]. The fourth-order valence-corrected chi connectivity index (χ4v) is 2.62. The second-order valence-corrected chi connectivity index (χ2v) is 6.02. The number of aromatic amines is 1. The number of H-pyrrole nitrogens is 1. The van der Waals surface area contributed by atoms with E-state index in [1.165, 1.54) is 24.4 Å². The van der Waals surface area contributed by atoms with Crippen molar-refractivity contribution in [2.75, 3.05) is 6.54 Å². The van der Waals surface area contributed by atoms with Crippen LogP contribution in [0.3, 0.4) is 0 Å². The molecule has 0 atom stereocenters. The molecule has 2 aromatic carbocycles. The van der Waals surface area contributed by atoms with E-state index in [4.69, 9.17) is 0 Å². The molecule has 0 fully saturated rings. The highest BCUT2D eigenvalue weighted by molar-refractivity contribution is 5.99. The van der Waals surface area contributed by atoms with Crippen LogP contribution in [0, 0.1) is 17.0 Å². The molecule has 0 saturated heterocycles. The Morgan fingerprint density at radius 2 is 2.04 bits per heavy atom. The Balaban J connectivity index is 1.55. The molecular formula is C19H17N5O4. The zero-order valence-electron chi connectivity index (χ0n) is 14.9. The summed E-state index contributed by atoms with van der Waals surface area (Å²) in [5, 5.41) is 18.2. The van der Waals surface area contributed by atoms with E-state index >= 15 is 0 Å². The fourth-order valence-electron chi connectivity index (χ4n) is 2.62. The molecule has 2 amide bonds. The van der Waals surface area contributed by atoms with Gasteiger partial charge in [0, 0.05) is 39.9 Å². The minimum atomic E-state index is -0.584. The summed E-state index contributed by atoms with van der Waals surface area (Å²) < 4.78 is 0. The first-order valence-corrected chi connectivity index (χ1v) is 8.37.